The fourth-order valence-corrected chi connectivity index (χ4v) is 8.31. The highest BCUT2D eigenvalue weighted by Crippen LogP contribution is 2.33. The van der Waals surface area contributed by atoms with Crippen LogP contribution in [0.3, 0.4) is 0 Å². The number of benzene rings is 4. The molecule has 4 N–H and O–H groups in total. The number of H-pyrrole nitrogens is 2. The van der Waals surface area contributed by atoms with Crippen LogP contribution in [0, 0.1) is 0 Å². The Bertz CT molecular complexity index is 2680. The second-order valence-corrected chi connectivity index (χ2v) is 16.3. The van der Waals surface area contributed by atoms with E-state index in [2.05, 4.69) is 87.7 Å². The number of methoxy groups -OCH3 is 2. The summed E-state index contributed by atoms with van der Waals surface area (Å²) in [5.41, 5.74) is 6.19. The summed E-state index contributed by atoms with van der Waals surface area (Å²) in [6.45, 7) is 10.8. The molecule has 63 heavy (non-hydrogen) atoms. The Morgan fingerprint density at radius 1 is 0.825 bits per heavy atom. The highest BCUT2D eigenvalue weighted by Gasteiger charge is 2.37. The van der Waals surface area contributed by atoms with Gasteiger partial charge in [0.05, 0.1) is 69.1 Å². The lowest BCUT2D eigenvalue weighted by atomic mass is 9.98. The number of alkyl carbamates (subject to hydrolysis) is 2. The Balaban J connectivity index is 1.14. The van der Waals surface area contributed by atoms with Crippen molar-refractivity contribution in [3.8, 4) is 11.1 Å². The maximum atomic E-state index is 14.1. The zero-order valence-electron chi connectivity index (χ0n) is 36.9. The number of hydrogen-bond acceptors (Lipinski definition) is 10. The van der Waals surface area contributed by atoms with Crippen molar-refractivity contribution in [2.75, 3.05) is 40.5 Å². The van der Waals surface area contributed by atoms with Crippen LogP contribution < -0.4 is 10.6 Å². The number of hydrogen-bond donors (Lipinski definition) is 4. The van der Waals surface area contributed by atoms with Gasteiger partial charge in [0.25, 0.3) is 0 Å². The van der Waals surface area contributed by atoms with Gasteiger partial charge in [-0.3, -0.25) is 9.59 Å². The first kappa shape index (κ1) is 44.5. The maximum Gasteiger partial charge on any atom is 0.407 e. The average molecular weight is 861 g/mol. The highest BCUT2D eigenvalue weighted by molar-refractivity contribution is 6.07. The molecule has 332 valence electrons. The zero-order valence-corrected chi connectivity index (χ0v) is 36.9. The van der Waals surface area contributed by atoms with Crippen molar-refractivity contribution in [1.82, 2.24) is 40.4 Å². The molecular weight excluding hydrogens is 805 g/mol. The molecule has 1 saturated heterocycles. The summed E-state index contributed by atoms with van der Waals surface area (Å²) in [5, 5.41) is 9.12. The number of nitrogens with one attached hydrogen (secondary N) is 4. The number of amides is 4. The van der Waals surface area contributed by atoms with Crippen molar-refractivity contribution >= 4 is 67.6 Å². The van der Waals surface area contributed by atoms with Gasteiger partial charge in [-0.15, -0.1) is 0 Å². The third-order valence-electron chi connectivity index (χ3n) is 11.4. The summed E-state index contributed by atoms with van der Waals surface area (Å²) >= 11 is 0. The number of aromatic nitrogens is 4. The number of carbonyl (C=O) groups excluding carboxylic acids is 4. The molecule has 16 nitrogen and oxygen atoms in total. The quantitative estimate of drug-likeness (QED) is 0.0711. The molecule has 0 spiro atoms. The number of aromatic amines is 2. The Morgan fingerprint density at radius 2 is 1.40 bits per heavy atom. The number of allylic oxidation sites excluding steroid dienone is 1. The summed E-state index contributed by atoms with van der Waals surface area (Å²) in [7, 11) is 2.53. The van der Waals surface area contributed by atoms with Gasteiger partial charge in [-0.05, 0) is 79.8 Å². The van der Waals surface area contributed by atoms with Crippen molar-refractivity contribution in [2.45, 2.75) is 84.8 Å². The van der Waals surface area contributed by atoms with Gasteiger partial charge in [0, 0.05) is 16.8 Å². The van der Waals surface area contributed by atoms with Gasteiger partial charge in [-0.25, -0.2) is 19.6 Å². The van der Waals surface area contributed by atoms with Crippen molar-refractivity contribution in [3.63, 3.8) is 0 Å². The third-order valence-corrected chi connectivity index (χ3v) is 11.4. The molecule has 0 bridgehead atoms. The Labute approximate surface area is 365 Å². The molecule has 4 amide bonds. The van der Waals surface area contributed by atoms with E-state index in [9.17, 15) is 19.2 Å². The maximum absolute atomic E-state index is 14.1. The molecule has 6 aromatic rings. The lowest BCUT2D eigenvalue weighted by molar-refractivity contribution is -0.168. The van der Waals surface area contributed by atoms with Gasteiger partial charge in [0.2, 0.25) is 11.8 Å². The number of carbonyl (C=O) groups is 4. The Kier molecular flexibility index (Phi) is 13.6. The molecule has 0 saturated carbocycles. The third kappa shape index (κ3) is 10.1. The predicted octanol–water partition coefficient (Wildman–Crippen LogP) is 7.46. The molecule has 4 aromatic carbocycles. The lowest BCUT2D eigenvalue weighted by Crippen LogP contribution is -2.52. The fourth-order valence-electron chi connectivity index (χ4n) is 8.31. The first-order valence-electron chi connectivity index (χ1n) is 21.3. The number of imidazole rings is 2. The van der Waals surface area contributed by atoms with Crippen LogP contribution in [0.5, 0.6) is 0 Å². The van der Waals surface area contributed by atoms with Crippen LogP contribution in [0.15, 0.2) is 72.3 Å². The van der Waals surface area contributed by atoms with Crippen molar-refractivity contribution in [2.24, 2.45) is 0 Å². The van der Waals surface area contributed by atoms with E-state index in [4.69, 9.17) is 24.2 Å². The molecular formula is C47H56N8O8. The number of nitrogens with zero attached hydrogens (tertiary/aromatic N) is 4. The van der Waals surface area contributed by atoms with E-state index in [1.54, 1.807) is 22.8 Å². The smallest absolute Gasteiger partial charge is 0.407 e. The van der Waals surface area contributed by atoms with Crippen molar-refractivity contribution in [1.29, 1.82) is 0 Å². The van der Waals surface area contributed by atoms with Crippen molar-refractivity contribution < 1.29 is 38.1 Å². The first-order valence-corrected chi connectivity index (χ1v) is 21.3. The molecule has 2 atom stereocenters. The standard InChI is InChI=1S/C47H56N8O8/c1-8-10-33(9-2)55(41(56)24-48-45(58)60-6)26-40-50-37-18-14-32-23-30(12-16-35(32)43(37)53-40)29-11-15-34-31(22-29)13-17-36-42(34)52-39(49-36)25-54(27-47(5)62-19-20-63-47)44(57)38(21-28(3)4)51-46(59)61-7/h11-18,21-23,33,38H,8-10,19-20,24-27H2,1-7H3,(H,48,58)(H,49,52)(H,50,53)(H,51,59). The minimum atomic E-state index is -1.02. The van der Waals surface area contributed by atoms with Crippen LogP contribution in [0.2, 0.25) is 0 Å². The fraction of sp³-hybridized carbons (Fsp3) is 0.404. The van der Waals surface area contributed by atoms with Gasteiger partial charge < -0.3 is 49.3 Å². The summed E-state index contributed by atoms with van der Waals surface area (Å²) in [6, 6.07) is 19.8. The lowest BCUT2D eigenvalue weighted by Gasteiger charge is -2.32. The SMILES string of the molecule is CCCC(CC)N(Cc1nc2c(ccc3cc(-c4ccc5c(ccc6[nH]c(CN(CC7(C)OCCO7)C(=O)C(C=C(C)C)NC(=O)OC)nc65)c4)ccc32)[nH]1)C(=O)CNC(=O)OC. The molecule has 7 rings (SSSR count). The van der Waals surface area contributed by atoms with E-state index >= 15 is 0 Å². The van der Waals surface area contributed by atoms with Crippen LogP contribution in [0.25, 0.3) is 54.7 Å². The van der Waals surface area contributed by atoms with E-state index in [0.29, 0.717) is 24.9 Å². The van der Waals surface area contributed by atoms with Crippen LogP contribution in [0.1, 0.15) is 65.5 Å². The molecule has 1 fully saturated rings. The van der Waals surface area contributed by atoms with Crippen LogP contribution in [-0.4, -0.2) is 112 Å². The molecule has 1 aliphatic rings. The second kappa shape index (κ2) is 19.3. The minimum Gasteiger partial charge on any atom is -0.453 e. The normalized spacial score (nSPS) is 14.4. The number of ether oxygens (including phenoxy) is 4. The summed E-state index contributed by atoms with van der Waals surface area (Å²) in [6.07, 6.45) is 2.83. The van der Waals surface area contributed by atoms with Crippen LogP contribution >= 0.6 is 0 Å². The highest BCUT2D eigenvalue weighted by atomic mass is 16.7. The molecule has 2 aromatic heterocycles. The predicted molar refractivity (Wildman–Crippen MR) is 241 cm³/mol. The largest absolute Gasteiger partial charge is 0.453 e. The minimum absolute atomic E-state index is 0.00594. The molecule has 0 radical (unpaired) electrons. The van der Waals surface area contributed by atoms with Crippen LogP contribution in [0.4, 0.5) is 9.59 Å². The first-order chi connectivity index (χ1) is 30.3. The van der Waals surface area contributed by atoms with Gasteiger partial charge in [-0.1, -0.05) is 68.3 Å². The van der Waals surface area contributed by atoms with E-state index in [-0.39, 0.29) is 44.0 Å². The summed E-state index contributed by atoms with van der Waals surface area (Å²) in [4.78, 5) is 71.6. The van der Waals surface area contributed by atoms with E-state index in [1.807, 2.05) is 26.0 Å². The molecule has 2 unspecified atom stereocenters. The van der Waals surface area contributed by atoms with E-state index < -0.39 is 24.0 Å². The van der Waals surface area contributed by atoms with Gasteiger partial charge in [0.1, 0.15) is 24.2 Å². The number of fused-ring (bicyclic) bond motifs is 6. The topological polar surface area (TPSA) is 193 Å². The molecule has 3 heterocycles. The Hall–Kier alpha value is -6.52. The second-order valence-electron chi connectivity index (χ2n) is 16.3. The van der Waals surface area contributed by atoms with Gasteiger partial charge in [-0.2, -0.15) is 0 Å². The van der Waals surface area contributed by atoms with Gasteiger partial charge in [0.15, 0.2) is 5.79 Å². The van der Waals surface area contributed by atoms with Crippen molar-refractivity contribution in [3.05, 3.63) is 84.0 Å². The monoisotopic (exact) mass is 860 g/mol. The summed E-state index contributed by atoms with van der Waals surface area (Å²) < 4.78 is 21.2. The van der Waals surface area contributed by atoms with Gasteiger partial charge >= 0.3 is 12.2 Å². The zero-order chi connectivity index (χ0) is 44.8. The molecule has 0 aliphatic carbocycles. The molecule has 1 aliphatic heterocycles. The van der Waals surface area contributed by atoms with E-state index in [1.165, 1.54) is 14.2 Å². The Morgan fingerprint density at radius 3 is 1.92 bits per heavy atom. The van der Waals surface area contributed by atoms with E-state index in [0.717, 1.165) is 79.6 Å². The molecule has 16 heteroatoms. The average Bonchev–Trinajstić information content (AvgIpc) is 4.03. The van der Waals surface area contributed by atoms with Crippen LogP contribution in [-0.2, 0) is 41.6 Å². The number of rotatable bonds is 16. The summed E-state index contributed by atoms with van der Waals surface area (Å²) in [5.74, 6) is -0.358.